The molecule has 2 fully saturated rings. The molecule has 2 aromatic heterocycles. The minimum Gasteiger partial charge on any atom is -0.342 e. The third-order valence-electron chi connectivity index (χ3n) is 6.51. The van der Waals surface area contributed by atoms with Crippen LogP contribution >= 0.6 is 11.3 Å². The summed E-state index contributed by atoms with van der Waals surface area (Å²) in [6.45, 7) is 4.52. The quantitative estimate of drug-likeness (QED) is 0.732. The number of hydrogen-bond donors (Lipinski definition) is 1. The number of hydrogen-bond acceptors (Lipinski definition) is 6. The summed E-state index contributed by atoms with van der Waals surface area (Å²) in [5.74, 6) is 1.59. The van der Waals surface area contributed by atoms with Gasteiger partial charge in [-0.05, 0) is 57.8 Å². The van der Waals surface area contributed by atoms with Crippen molar-refractivity contribution in [3.63, 3.8) is 0 Å². The van der Waals surface area contributed by atoms with Gasteiger partial charge in [0.2, 0.25) is 5.91 Å². The Balaban J connectivity index is 1.28. The van der Waals surface area contributed by atoms with Gasteiger partial charge >= 0.3 is 0 Å². The topological polar surface area (TPSA) is 61.4 Å². The van der Waals surface area contributed by atoms with Crippen LogP contribution in [0.1, 0.15) is 61.4 Å². The van der Waals surface area contributed by atoms with Crippen LogP contribution in [0.3, 0.4) is 0 Å². The lowest BCUT2D eigenvalue weighted by molar-refractivity contribution is -0.134. The molecule has 0 aromatic carbocycles. The molecule has 0 atom stereocenters. The van der Waals surface area contributed by atoms with Crippen LogP contribution < -0.4 is 5.32 Å². The highest BCUT2D eigenvalue weighted by Crippen LogP contribution is 2.29. The molecule has 4 rings (SSSR count). The maximum absolute atomic E-state index is 12.7. The van der Waals surface area contributed by atoms with Gasteiger partial charge in [0.25, 0.3) is 0 Å². The molecule has 162 valence electrons. The van der Waals surface area contributed by atoms with E-state index in [1.807, 2.05) is 24.2 Å². The molecule has 1 N–H and O–H groups in total. The lowest BCUT2D eigenvalue weighted by atomic mass is 9.92. The summed E-state index contributed by atoms with van der Waals surface area (Å²) in [4.78, 5) is 27.5. The first-order chi connectivity index (χ1) is 14.6. The average molecular weight is 428 g/mol. The minimum absolute atomic E-state index is 0.281. The van der Waals surface area contributed by atoms with Crippen LogP contribution in [0.4, 0.5) is 10.9 Å². The second-order valence-electron chi connectivity index (χ2n) is 8.70. The number of nitrogens with zero attached hydrogens (tertiary/aromatic N) is 4. The first-order valence-corrected chi connectivity index (χ1v) is 12.0. The Morgan fingerprint density at radius 2 is 1.97 bits per heavy atom. The number of amides is 1. The van der Waals surface area contributed by atoms with Crippen LogP contribution in [-0.2, 0) is 4.79 Å². The van der Waals surface area contributed by atoms with Gasteiger partial charge in [-0.25, -0.2) is 9.97 Å². The summed E-state index contributed by atoms with van der Waals surface area (Å²) >= 11 is 1.64. The van der Waals surface area contributed by atoms with E-state index in [1.54, 1.807) is 11.3 Å². The predicted molar refractivity (Wildman–Crippen MR) is 122 cm³/mol. The molecule has 1 saturated carbocycles. The summed E-state index contributed by atoms with van der Waals surface area (Å²) in [6.07, 6.45) is 10.1. The van der Waals surface area contributed by atoms with Crippen LogP contribution in [0.15, 0.2) is 24.4 Å². The summed E-state index contributed by atoms with van der Waals surface area (Å²) < 4.78 is 0. The molecule has 1 amide bonds. The number of pyridine rings is 1. The smallest absolute Gasteiger partial charge is 0.236 e. The summed E-state index contributed by atoms with van der Waals surface area (Å²) in [6, 6.07) is 6.64. The van der Waals surface area contributed by atoms with Gasteiger partial charge in [-0.2, -0.15) is 0 Å². The summed E-state index contributed by atoms with van der Waals surface area (Å²) in [7, 11) is 2.00. The number of aryl methyl sites for hydroxylation is 1. The highest BCUT2D eigenvalue weighted by atomic mass is 32.1. The van der Waals surface area contributed by atoms with Crippen molar-refractivity contribution < 1.29 is 4.79 Å². The van der Waals surface area contributed by atoms with Crippen molar-refractivity contribution in [1.82, 2.24) is 19.8 Å². The Labute approximate surface area is 183 Å². The Hall–Kier alpha value is -1.99. The van der Waals surface area contributed by atoms with Gasteiger partial charge in [0.05, 0.1) is 6.54 Å². The number of aromatic nitrogens is 2. The van der Waals surface area contributed by atoms with Crippen molar-refractivity contribution in [2.45, 2.75) is 63.8 Å². The summed E-state index contributed by atoms with van der Waals surface area (Å²) in [5.41, 5.74) is 1.14. The number of thiazole rings is 1. The van der Waals surface area contributed by atoms with Crippen LogP contribution in [0, 0.1) is 6.92 Å². The number of piperidine rings is 1. The molecule has 0 unspecified atom stereocenters. The van der Waals surface area contributed by atoms with Gasteiger partial charge in [0.1, 0.15) is 5.82 Å². The molecule has 0 radical (unpaired) electrons. The second-order valence-corrected chi connectivity index (χ2v) is 9.93. The molecule has 1 aliphatic heterocycles. The van der Waals surface area contributed by atoms with Gasteiger partial charge in [0.15, 0.2) is 5.13 Å². The van der Waals surface area contributed by atoms with E-state index in [2.05, 4.69) is 34.3 Å². The maximum Gasteiger partial charge on any atom is 0.236 e. The van der Waals surface area contributed by atoms with E-state index in [-0.39, 0.29) is 5.91 Å². The number of carbonyl (C=O) groups excluding carboxylic acids is 1. The predicted octanol–water partition coefficient (Wildman–Crippen LogP) is 4.56. The van der Waals surface area contributed by atoms with Crippen molar-refractivity contribution in [1.29, 1.82) is 0 Å². The molecule has 2 aliphatic rings. The first-order valence-electron chi connectivity index (χ1n) is 11.2. The second kappa shape index (κ2) is 9.88. The molecule has 2 aromatic rings. The van der Waals surface area contributed by atoms with Crippen LogP contribution in [0.5, 0.6) is 0 Å². The number of nitrogens with one attached hydrogen (secondary N) is 1. The number of rotatable bonds is 6. The molecule has 30 heavy (non-hydrogen) atoms. The Morgan fingerprint density at radius 1 is 1.20 bits per heavy atom. The van der Waals surface area contributed by atoms with Crippen molar-refractivity contribution in [2.24, 2.45) is 0 Å². The van der Waals surface area contributed by atoms with Gasteiger partial charge in [-0.1, -0.05) is 25.3 Å². The van der Waals surface area contributed by atoms with Crippen LogP contribution in [-0.4, -0.2) is 58.4 Å². The lowest BCUT2D eigenvalue weighted by Gasteiger charge is -2.35. The van der Waals surface area contributed by atoms with Crippen molar-refractivity contribution in [2.75, 3.05) is 32.0 Å². The van der Waals surface area contributed by atoms with E-state index in [9.17, 15) is 4.79 Å². The maximum atomic E-state index is 12.7. The normalized spacial score (nSPS) is 19.0. The lowest BCUT2D eigenvalue weighted by Crippen LogP contribution is -2.45. The molecule has 0 spiro atoms. The fraction of sp³-hybridized carbons (Fsp3) is 0.609. The molecule has 3 heterocycles. The zero-order chi connectivity index (χ0) is 20.9. The SMILES string of the molecule is Cc1cnc(Nc2cccc(C3CCN(CC(=O)N(C)C4CCCCC4)CC3)n2)s1. The average Bonchev–Trinajstić information content (AvgIpc) is 3.19. The largest absolute Gasteiger partial charge is 0.342 e. The van der Waals surface area contributed by atoms with Crippen molar-refractivity contribution in [3.05, 3.63) is 35.0 Å². The van der Waals surface area contributed by atoms with E-state index < -0.39 is 0 Å². The van der Waals surface area contributed by atoms with Gasteiger partial charge in [-0.15, -0.1) is 11.3 Å². The Morgan fingerprint density at radius 3 is 2.67 bits per heavy atom. The number of anilines is 2. The Bertz CT molecular complexity index is 840. The van der Waals surface area contributed by atoms with Crippen molar-refractivity contribution in [3.8, 4) is 0 Å². The van der Waals surface area contributed by atoms with E-state index in [0.29, 0.717) is 18.5 Å². The molecular weight excluding hydrogens is 394 g/mol. The van der Waals surface area contributed by atoms with E-state index >= 15 is 0 Å². The third-order valence-corrected chi connectivity index (χ3v) is 7.34. The Kier molecular flexibility index (Phi) is 7.00. The zero-order valence-corrected chi connectivity index (χ0v) is 19.0. The van der Waals surface area contributed by atoms with Gasteiger partial charge < -0.3 is 10.2 Å². The molecule has 7 heteroatoms. The molecule has 0 bridgehead atoms. The van der Waals surface area contributed by atoms with Crippen LogP contribution in [0.2, 0.25) is 0 Å². The third kappa shape index (κ3) is 5.38. The van der Waals surface area contributed by atoms with Crippen LogP contribution in [0.25, 0.3) is 0 Å². The fourth-order valence-electron chi connectivity index (χ4n) is 4.63. The highest BCUT2D eigenvalue weighted by molar-refractivity contribution is 7.15. The first kappa shape index (κ1) is 21.2. The van der Waals surface area contributed by atoms with E-state index in [4.69, 9.17) is 4.98 Å². The summed E-state index contributed by atoms with van der Waals surface area (Å²) in [5, 5.41) is 4.20. The molecule has 6 nitrogen and oxygen atoms in total. The van der Waals surface area contributed by atoms with E-state index in [1.165, 1.54) is 37.0 Å². The fourth-order valence-corrected chi connectivity index (χ4v) is 5.30. The van der Waals surface area contributed by atoms with Gasteiger partial charge in [0, 0.05) is 35.8 Å². The monoisotopic (exact) mass is 427 g/mol. The van der Waals surface area contributed by atoms with E-state index in [0.717, 1.165) is 42.6 Å². The minimum atomic E-state index is 0.281. The molecule has 1 saturated heterocycles. The number of carbonyl (C=O) groups is 1. The highest BCUT2D eigenvalue weighted by Gasteiger charge is 2.26. The molecule has 1 aliphatic carbocycles. The zero-order valence-electron chi connectivity index (χ0n) is 18.1. The van der Waals surface area contributed by atoms with Gasteiger partial charge in [-0.3, -0.25) is 9.69 Å². The number of likely N-dealkylation sites (tertiary alicyclic amines) is 1. The molecular formula is C23H33N5OS. The standard InChI is InChI=1S/C23H33N5OS/c1-17-15-24-23(30-17)26-21-10-6-9-20(25-21)18-11-13-28(14-12-18)16-22(29)27(2)19-7-4-3-5-8-19/h6,9-10,15,18-19H,3-5,7-8,11-14,16H2,1-2H3,(H,24,25,26). The van der Waals surface area contributed by atoms with Crippen molar-refractivity contribution >= 4 is 28.2 Å². The number of likely N-dealkylation sites (N-methyl/N-ethyl adjacent to an activating group) is 1.